The van der Waals surface area contributed by atoms with Gasteiger partial charge in [0.15, 0.2) is 0 Å². The van der Waals surface area contributed by atoms with Crippen molar-refractivity contribution in [3.05, 3.63) is 70.7 Å². The fraction of sp³-hybridized carbons (Fsp3) is 0.211. The van der Waals surface area contributed by atoms with E-state index in [0.29, 0.717) is 18.0 Å². The van der Waals surface area contributed by atoms with E-state index in [1.807, 2.05) is 48.0 Å². The molecular formula is C19H20N4O2S. The Hall–Kier alpha value is -2.93. The molecule has 2 amide bonds. The minimum absolute atomic E-state index is 0.0651. The molecule has 2 N–H and O–H groups in total. The molecule has 3 aromatic rings. The van der Waals surface area contributed by atoms with Crippen molar-refractivity contribution in [1.82, 2.24) is 20.4 Å². The zero-order chi connectivity index (χ0) is 18.2. The summed E-state index contributed by atoms with van der Waals surface area (Å²) in [6.07, 6.45) is 4.67. The molecule has 0 saturated heterocycles. The van der Waals surface area contributed by atoms with Crippen molar-refractivity contribution in [1.29, 1.82) is 0 Å². The molecule has 0 atom stereocenters. The molecule has 3 rings (SSSR count). The number of nitrogens with one attached hydrogen (secondary N) is 2. The van der Waals surface area contributed by atoms with Crippen molar-refractivity contribution >= 4 is 23.2 Å². The van der Waals surface area contributed by atoms with Gasteiger partial charge in [0.05, 0.1) is 10.6 Å². The number of thiophene rings is 1. The SMILES string of the molecule is O=C(CCNC(=O)c1cccs1)NCCc1ccc(-n2cccn2)cc1. The molecule has 0 bridgehead atoms. The third-order valence-electron chi connectivity index (χ3n) is 3.82. The van der Waals surface area contributed by atoms with Gasteiger partial charge in [-0.3, -0.25) is 9.59 Å². The van der Waals surface area contributed by atoms with E-state index in [1.165, 1.54) is 11.3 Å². The Morgan fingerprint density at radius 1 is 1.04 bits per heavy atom. The van der Waals surface area contributed by atoms with Gasteiger partial charge in [0.25, 0.3) is 5.91 Å². The van der Waals surface area contributed by atoms with Crippen LogP contribution >= 0.6 is 11.3 Å². The number of carbonyl (C=O) groups excluding carboxylic acids is 2. The van der Waals surface area contributed by atoms with Crippen LogP contribution in [0.5, 0.6) is 0 Å². The van der Waals surface area contributed by atoms with Gasteiger partial charge in [0, 0.05) is 31.9 Å². The first-order chi connectivity index (χ1) is 12.7. The van der Waals surface area contributed by atoms with Crippen LogP contribution in [0.25, 0.3) is 5.69 Å². The van der Waals surface area contributed by atoms with Gasteiger partial charge in [0.1, 0.15) is 0 Å². The molecule has 134 valence electrons. The molecule has 0 aliphatic heterocycles. The van der Waals surface area contributed by atoms with Crippen molar-refractivity contribution < 1.29 is 9.59 Å². The highest BCUT2D eigenvalue weighted by Gasteiger charge is 2.07. The van der Waals surface area contributed by atoms with Crippen LogP contribution in [0.4, 0.5) is 0 Å². The average Bonchev–Trinajstić information content (AvgIpc) is 3.36. The fourth-order valence-electron chi connectivity index (χ4n) is 2.46. The van der Waals surface area contributed by atoms with Gasteiger partial charge >= 0.3 is 0 Å². The van der Waals surface area contributed by atoms with Crippen molar-refractivity contribution in [3.63, 3.8) is 0 Å². The van der Waals surface area contributed by atoms with Gasteiger partial charge in [-0.05, 0) is 41.6 Å². The maximum atomic E-state index is 11.8. The quantitative estimate of drug-likeness (QED) is 0.641. The van der Waals surface area contributed by atoms with Gasteiger partial charge < -0.3 is 10.6 Å². The van der Waals surface area contributed by atoms with Crippen LogP contribution in [0.15, 0.2) is 60.2 Å². The molecular weight excluding hydrogens is 348 g/mol. The topological polar surface area (TPSA) is 76.0 Å². The van der Waals surface area contributed by atoms with E-state index in [0.717, 1.165) is 17.7 Å². The van der Waals surface area contributed by atoms with Crippen LogP contribution in [0.2, 0.25) is 0 Å². The van der Waals surface area contributed by atoms with E-state index >= 15 is 0 Å². The molecule has 0 radical (unpaired) electrons. The molecule has 0 unspecified atom stereocenters. The molecule has 7 heteroatoms. The number of benzene rings is 1. The number of hydrogen-bond donors (Lipinski definition) is 2. The van der Waals surface area contributed by atoms with Crippen molar-refractivity contribution in [2.45, 2.75) is 12.8 Å². The van der Waals surface area contributed by atoms with Gasteiger partial charge in [-0.15, -0.1) is 11.3 Å². The van der Waals surface area contributed by atoms with Gasteiger partial charge in [0.2, 0.25) is 5.91 Å². The lowest BCUT2D eigenvalue weighted by atomic mass is 10.1. The van der Waals surface area contributed by atoms with Gasteiger partial charge in [-0.1, -0.05) is 18.2 Å². The average molecular weight is 368 g/mol. The maximum absolute atomic E-state index is 11.8. The third-order valence-corrected chi connectivity index (χ3v) is 4.69. The minimum atomic E-state index is -0.134. The largest absolute Gasteiger partial charge is 0.356 e. The smallest absolute Gasteiger partial charge is 0.261 e. The number of hydrogen-bond acceptors (Lipinski definition) is 4. The zero-order valence-corrected chi connectivity index (χ0v) is 15.0. The Morgan fingerprint density at radius 2 is 1.88 bits per heavy atom. The Kier molecular flexibility index (Phi) is 6.16. The van der Waals surface area contributed by atoms with E-state index in [1.54, 1.807) is 16.9 Å². The summed E-state index contributed by atoms with van der Waals surface area (Å²) in [6.45, 7) is 0.903. The normalized spacial score (nSPS) is 10.5. The van der Waals surface area contributed by atoms with E-state index in [2.05, 4.69) is 15.7 Å². The van der Waals surface area contributed by atoms with Crippen molar-refractivity contribution in [2.75, 3.05) is 13.1 Å². The van der Waals surface area contributed by atoms with Crippen molar-refractivity contribution in [3.8, 4) is 5.69 Å². The standard InChI is InChI=1S/C19H20N4O2S/c24-18(9-12-21-19(25)17-3-1-14-26-17)20-11-8-15-4-6-16(7-5-15)23-13-2-10-22-23/h1-7,10,13-14H,8-9,11-12H2,(H,20,24)(H,21,25). The fourth-order valence-corrected chi connectivity index (χ4v) is 3.10. The van der Waals surface area contributed by atoms with Gasteiger partial charge in [-0.2, -0.15) is 5.10 Å². The number of nitrogens with zero attached hydrogens (tertiary/aromatic N) is 2. The highest BCUT2D eigenvalue weighted by molar-refractivity contribution is 7.12. The Morgan fingerprint density at radius 3 is 2.58 bits per heavy atom. The Balaban J connectivity index is 1.34. The summed E-state index contributed by atoms with van der Waals surface area (Å²) in [5, 5.41) is 11.7. The third kappa shape index (κ3) is 5.03. The molecule has 1 aromatic carbocycles. The molecule has 26 heavy (non-hydrogen) atoms. The summed E-state index contributed by atoms with van der Waals surface area (Å²) in [4.78, 5) is 24.3. The predicted octanol–water partition coefficient (Wildman–Crippen LogP) is 2.41. The zero-order valence-electron chi connectivity index (χ0n) is 14.2. The first-order valence-electron chi connectivity index (χ1n) is 8.40. The second-order valence-corrected chi connectivity index (χ2v) is 6.65. The first kappa shape index (κ1) is 17.9. The monoisotopic (exact) mass is 368 g/mol. The highest BCUT2D eigenvalue weighted by atomic mass is 32.1. The summed E-state index contributed by atoms with van der Waals surface area (Å²) in [7, 11) is 0. The molecule has 6 nitrogen and oxygen atoms in total. The summed E-state index contributed by atoms with van der Waals surface area (Å²) in [6, 6.07) is 13.5. The lowest BCUT2D eigenvalue weighted by Crippen LogP contribution is -2.31. The number of carbonyl (C=O) groups is 2. The number of rotatable bonds is 8. The summed E-state index contributed by atoms with van der Waals surface area (Å²) in [5.74, 6) is -0.199. The number of aromatic nitrogens is 2. The van der Waals surface area contributed by atoms with Crippen LogP contribution in [0.1, 0.15) is 21.7 Å². The van der Waals surface area contributed by atoms with E-state index in [9.17, 15) is 9.59 Å². The van der Waals surface area contributed by atoms with E-state index in [-0.39, 0.29) is 18.2 Å². The molecule has 0 spiro atoms. The highest BCUT2D eigenvalue weighted by Crippen LogP contribution is 2.09. The summed E-state index contributed by atoms with van der Waals surface area (Å²) in [5.41, 5.74) is 2.15. The van der Waals surface area contributed by atoms with E-state index in [4.69, 9.17) is 0 Å². The second kappa shape index (κ2) is 8.96. The van der Waals surface area contributed by atoms with Crippen LogP contribution in [0.3, 0.4) is 0 Å². The minimum Gasteiger partial charge on any atom is -0.356 e. The molecule has 0 saturated carbocycles. The lowest BCUT2D eigenvalue weighted by Gasteiger charge is -2.07. The van der Waals surface area contributed by atoms with Crippen molar-refractivity contribution in [2.24, 2.45) is 0 Å². The van der Waals surface area contributed by atoms with Crippen LogP contribution in [0, 0.1) is 0 Å². The Labute approximate surface area is 155 Å². The van der Waals surface area contributed by atoms with Crippen LogP contribution < -0.4 is 10.6 Å². The number of amides is 2. The maximum Gasteiger partial charge on any atom is 0.261 e. The molecule has 0 aliphatic rings. The van der Waals surface area contributed by atoms with E-state index < -0.39 is 0 Å². The first-order valence-corrected chi connectivity index (χ1v) is 9.28. The predicted molar refractivity (Wildman–Crippen MR) is 102 cm³/mol. The van der Waals surface area contributed by atoms with Crippen LogP contribution in [-0.2, 0) is 11.2 Å². The summed E-state index contributed by atoms with van der Waals surface area (Å²) < 4.78 is 1.80. The Bertz CT molecular complexity index is 827. The second-order valence-electron chi connectivity index (χ2n) is 5.70. The van der Waals surface area contributed by atoms with Crippen LogP contribution in [-0.4, -0.2) is 34.7 Å². The molecule has 0 aliphatic carbocycles. The molecule has 2 aromatic heterocycles. The molecule has 2 heterocycles. The van der Waals surface area contributed by atoms with Gasteiger partial charge in [-0.25, -0.2) is 4.68 Å². The summed E-state index contributed by atoms with van der Waals surface area (Å²) >= 11 is 1.38. The lowest BCUT2D eigenvalue weighted by molar-refractivity contribution is -0.120. The molecule has 0 fully saturated rings.